The first kappa shape index (κ1) is 10.6. The van der Waals surface area contributed by atoms with Crippen LogP contribution in [0.2, 0.25) is 0 Å². The number of hydrogen-bond donors (Lipinski definition) is 0. The third-order valence-corrected chi connectivity index (χ3v) is 3.90. The third kappa shape index (κ3) is 1.56. The zero-order valence-electron chi connectivity index (χ0n) is 9.29. The lowest BCUT2D eigenvalue weighted by molar-refractivity contribution is -0.110. The standard InChI is InChI=1S/C13H17FO/c1-3-9-4-5-10-8-11(15)6-7-13(10,2)12(9)14/h6-9,12H,3-5H2,1-2H3/t9?,12-,13?/m1/s1. The number of alkyl halides is 1. The van der Waals surface area contributed by atoms with E-state index < -0.39 is 11.6 Å². The first-order valence-electron chi connectivity index (χ1n) is 5.66. The normalized spacial score (nSPS) is 39.9. The molecule has 0 saturated heterocycles. The quantitative estimate of drug-likeness (QED) is 0.646. The number of carbonyl (C=O) groups is 1. The SMILES string of the molecule is CCC1CCC2=CC(=O)C=CC2(C)[C@@H]1F. The number of rotatable bonds is 1. The summed E-state index contributed by atoms with van der Waals surface area (Å²) in [6.07, 6.45) is 6.67. The maximum absolute atomic E-state index is 14.3. The molecular formula is C13H17FO. The Balaban J connectivity index is 2.34. The van der Waals surface area contributed by atoms with E-state index in [0.717, 1.165) is 24.8 Å². The molecule has 3 atom stereocenters. The first-order chi connectivity index (χ1) is 7.08. The van der Waals surface area contributed by atoms with Gasteiger partial charge in [-0.1, -0.05) is 25.0 Å². The van der Waals surface area contributed by atoms with Gasteiger partial charge in [0.05, 0.1) is 0 Å². The minimum absolute atomic E-state index is 0.00428. The van der Waals surface area contributed by atoms with E-state index >= 15 is 0 Å². The van der Waals surface area contributed by atoms with Gasteiger partial charge in [0.1, 0.15) is 6.17 Å². The molecule has 2 aliphatic rings. The number of hydrogen-bond acceptors (Lipinski definition) is 1. The zero-order valence-corrected chi connectivity index (χ0v) is 9.29. The van der Waals surface area contributed by atoms with Gasteiger partial charge in [-0.15, -0.1) is 0 Å². The molecule has 2 heteroatoms. The maximum atomic E-state index is 14.3. The van der Waals surface area contributed by atoms with Crippen molar-refractivity contribution in [1.29, 1.82) is 0 Å². The van der Waals surface area contributed by atoms with Gasteiger partial charge in [0.25, 0.3) is 0 Å². The lowest BCUT2D eigenvalue weighted by Crippen LogP contribution is -2.40. The van der Waals surface area contributed by atoms with E-state index in [9.17, 15) is 9.18 Å². The van der Waals surface area contributed by atoms with Crippen LogP contribution < -0.4 is 0 Å². The van der Waals surface area contributed by atoms with Crippen LogP contribution in [0, 0.1) is 11.3 Å². The van der Waals surface area contributed by atoms with Crippen molar-refractivity contribution in [3.05, 3.63) is 23.8 Å². The average Bonchev–Trinajstić information content (AvgIpc) is 2.22. The summed E-state index contributed by atoms with van der Waals surface area (Å²) in [5, 5.41) is 0. The second-order valence-corrected chi connectivity index (χ2v) is 4.80. The lowest BCUT2D eigenvalue weighted by atomic mass is 9.63. The molecule has 1 nitrogen and oxygen atoms in total. The molecule has 2 unspecified atom stereocenters. The van der Waals surface area contributed by atoms with Crippen LogP contribution in [0.25, 0.3) is 0 Å². The molecule has 0 heterocycles. The van der Waals surface area contributed by atoms with E-state index in [1.54, 1.807) is 12.2 Å². The van der Waals surface area contributed by atoms with Gasteiger partial charge in [0.15, 0.2) is 5.78 Å². The highest BCUT2D eigenvalue weighted by Crippen LogP contribution is 2.48. The van der Waals surface area contributed by atoms with Gasteiger partial charge in [0.2, 0.25) is 0 Å². The van der Waals surface area contributed by atoms with Crippen molar-refractivity contribution in [3.8, 4) is 0 Å². The van der Waals surface area contributed by atoms with Gasteiger partial charge in [-0.3, -0.25) is 4.79 Å². The van der Waals surface area contributed by atoms with Crippen molar-refractivity contribution in [3.63, 3.8) is 0 Å². The minimum Gasteiger partial charge on any atom is -0.290 e. The van der Waals surface area contributed by atoms with Gasteiger partial charge < -0.3 is 0 Å². The summed E-state index contributed by atoms with van der Waals surface area (Å²) in [5.41, 5.74) is 0.458. The second kappa shape index (κ2) is 3.58. The van der Waals surface area contributed by atoms with Crippen molar-refractivity contribution < 1.29 is 9.18 Å². The Morgan fingerprint density at radius 3 is 3.00 bits per heavy atom. The Labute approximate surface area is 90.1 Å². The average molecular weight is 208 g/mol. The van der Waals surface area contributed by atoms with Crippen LogP contribution in [-0.4, -0.2) is 12.0 Å². The van der Waals surface area contributed by atoms with Gasteiger partial charge in [0, 0.05) is 5.41 Å². The van der Waals surface area contributed by atoms with E-state index in [4.69, 9.17) is 0 Å². The highest BCUT2D eigenvalue weighted by molar-refractivity contribution is 6.01. The van der Waals surface area contributed by atoms with Crippen LogP contribution in [0.5, 0.6) is 0 Å². The number of allylic oxidation sites excluding steroid dienone is 4. The van der Waals surface area contributed by atoms with E-state index in [2.05, 4.69) is 0 Å². The molecule has 0 amide bonds. The molecule has 0 aromatic heterocycles. The fraction of sp³-hybridized carbons (Fsp3) is 0.615. The van der Waals surface area contributed by atoms with E-state index in [-0.39, 0.29) is 11.7 Å². The van der Waals surface area contributed by atoms with Crippen LogP contribution in [0.3, 0.4) is 0 Å². The molecule has 1 saturated carbocycles. The first-order valence-corrected chi connectivity index (χ1v) is 5.66. The second-order valence-electron chi connectivity index (χ2n) is 4.80. The molecule has 2 aliphatic carbocycles. The Morgan fingerprint density at radius 1 is 1.60 bits per heavy atom. The van der Waals surface area contributed by atoms with Crippen molar-refractivity contribution in [2.75, 3.05) is 0 Å². The van der Waals surface area contributed by atoms with E-state index in [1.165, 1.54) is 6.08 Å². The third-order valence-electron chi connectivity index (χ3n) is 3.90. The monoisotopic (exact) mass is 208 g/mol. The molecule has 0 N–H and O–H groups in total. The predicted octanol–water partition coefficient (Wildman–Crippen LogP) is 3.22. The van der Waals surface area contributed by atoms with Gasteiger partial charge in [-0.25, -0.2) is 4.39 Å². The fourth-order valence-corrected chi connectivity index (χ4v) is 2.74. The lowest BCUT2D eigenvalue weighted by Gasteiger charge is -2.42. The summed E-state index contributed by atoms with van der Waals surface area (Å²) in [5.74, 6) is 0.148. The molecular weight excluding hydrogens is 191 g/mol. The number of ketones is 1. The van der Waals surface area contributed by atoms with E-state index in [0.29, 0.717) is 0 Å². The summed E-state index contributed by atoms with van der Waals surface area (Å²) in [6.45, 7) is 3.95. The van der Waals surface area contributed by atoms with Crippen LogP contribution in [-0.2, 0) is 4.79 Å². The summed E-state index contributed by atoms with van der Waals surface area (Å²) in [6, 6.07) is 0. The van der Waals surface area contributed by atoms with E-state index in [1.807, 2.05) is 13.8 Å². The summed E-state index contributed by atoms with van der Waals surface area (Å²) in [7, 11) is 0. The minimum atomic E-state index is -0.841. The molecule has 2 rings (SSSR count). The molecule has 0 aliphatic heterocycles. The predicted molar refractivity (Wildman–Crippen MR) is 58.2 cm³/mol. The largest absolute Gasteiger partial charge is 0.290 e. The number of halogens is 1. The van der Waals surface area contributed by atoms with Crippen LogP contribution in [0.4, 0.5) is 4.39 Å². The highest BCUT2D eigenvalue weighted by Gasteiger charge is 2.44. The molecule has 0 aromatic carbocycles. The van der Waals surface area contributed by atoms with Gasteiger partial charge in [-0.2, -0.15) is 0 Å². The maximum Gasteiger partial charge on any atom is 0.178 e. The smallest absolute Gasteiger partial charge is 0.178 e. The summed E-state index contributed by atoms with van der Waals surface area (Å²) < 4.78 is 14.3. The Kier molecular flexibility index (Phi) is 2.53. The Bertz CT molecular complexity index is 342. The summed E-state index contributed by atoms with van der Waals surface area (Å²) >= 11 is 0. The van der Waals surface area contributed by atoms with Crippen molar-refractivity contribution in [1.82, 2.24) is 0 Å². The number of carbonyl (C=O) groups excluding carboxylic acids is 1. The molecule has 0 radical (unpaired) electrons. The van der Waals surface area contributed by atoms with Crippen molar-refractivity contribution in [2.24, 2.45) is 11.3 Å². The van der Waals surface area contributed by atoms with Crippen LogP contribution in [0.1, 0.15) is 33.1 Å². The molecule has 1 fully saturated rings. The topological polar surface area (TPSA) is 17.1 Å². The molecule has 15 heavy (non-hydrogen) atoms. The fourth-order valence-electron chi connectivity index (χ4n) is 2.74. The zero-order chi connectivity index (χ0) is 11.1. The van der Waals surface area contributed by atoms with Crippen LogP contribution >= 0.6 is 0 Å². The van der Waals surface area contributed by atoms with Gasteiger partial charge in [-0.05, 0) is 37.8 Å². The molecule has 0 aromatic rings. The summed E-state index contributed by atoms with van der Waals surface area (Å²) in [4.78, 5) is 11.2. The molecule has 0 spiro atoms. The molecule has 82 valence electrons. The Morgan fingerprint density at radius 2 is 2.33 bits per heavy atom. The number of fused-ring (bicyclic) bond motifs is 1. The Hall–Kier alpha value is -0.920. The van der Waals surface area contributed by atoms with Crippen molar-refractivity contribution >= 4 is 5.78 Å². The molecule has 0 bridgehead atoms. The van der Waals surface area contributed by atoms with Crippen LogP contribution in [0.15, 0.2) is 23.8 Å². The van der Waals surface area contributed by atoms with Crippen molar-refractivity contribution in [2.45, 2.75) is 39.3 Å². The van der Waals surface area contributed by atoms with Gasteiger partial charge >= 0.3 is 0 Å². The highest BCUT2D eigenvalue weighted by atomic mass is 19.1.